The van der Waals surface area contributed by atoms with E-state index >= 15 is 0 Å². The zero-order valence-electron chi connectivity index (χ0n) is 10.4. The SMILES string of the molecule is CCCCC(=O)NCC[C@H](N)C(C)CC. The zero-order chi connectivity index (χ0) is 11.7. The first-order valence-corrected chi connectivity index (χ1v) is 6.14. The second kappa shape index (κ2) is 8.72. The Bertz CT molecular complexity index is 171. The van der Waals surface area contributed by atoms with Gasteiger partial charge in [-0.15, -0.1) is 0 Å². The maximum Gasteiger partial charge on any atom is 0.219 e. The van der Waals surface area contributed by atoms with Crippen LogP contribution in [0.2, 0.25) is 0 Å². The summed E-state index contributed by atoms with van der Waals surface area (Å²) in [6, 6.07) is 0.210. The van der Waals surface area contributed by atoms with Crippen LogP contribution in [0.15, 0.2) is 0 Å². The Morgan fingerprint density at radius 2 is 2.07 bits per heavy atom. The van der Waals surface area contributed by atoms with Crippen molar-refractivity contribution >= 4 is 5.91 Å². The topological polar surface area (TPSA) is 55.1 Å². The minimum absolute atomic E-state index is 0.160. The van der Waals surface area contributed by atoms with E-state index in [9.17, 15) is 4.79 Å². The fourth-order valence-electron chi connectivity index (χ4n) is 1.39. The highest BCUT2D eigenvalue weighted by atomic mass is 16.1. The summed E-state index contributed by atoms with van der Waals surface area (Å²) in [6.45, 7) is 7.11. The fourth-order valence-corrected chi connectivity index (χ4v) is 1.39. The average molecular weight is 214 g/mol. The number of unbranched alkanes of at least 4 members (excludes halogenated alkanes) is 1. The number of nitrogens with two attached hydrogens (primary N) is 1. The van der Waals surface area contributed by atoms with Crippen molar-refractivity contribution in [3.05, 3.63) is 0 Å². The van der Waals surface area contributed by atoms with Crippen LogP contribution in [0, 0.1) is 5.92 Å². The van der Waals surface area contributed by atoms with E-state index < -0.39 is 0 Å². The van der Waals surface area contributed by atoms with Gasteiger partial charge in [0.1, 0.15) is 0 Å². The maximum absolute atomic E-state index is 11.3. The number of carbonyl (C=O) groups is 1. The molecule has 3 N–H and O–H groups in total. The summed E-state index contributed by atoms with van der Waals surface area (Å²) < 4.78 is 0. The molecule has 1 unspecified atom stereocenters. The molecule has 0 aliphatic heterocycles. The molecule has 3 nitrogen and oxygen atoms in total. The summed E-state index contributed by atoms with van der Waals surface area (Å²) in [5.41, 5.74) is 5.96. The molecule has 0 saturated heterocycles. The summed E-state index contributed by atoms with van der Waals surface area (Å²) in [4.78, 5) is 11.3. The van der Waals surface area contributed by atoms with Crippen LogP contribution in [-0.2, 0) is 4.79 Å². The predicted octanol–water partition coefficient (Wildman–Crippen LogP) is 2.06. The predicted molar refractivity (Wildman–Crippen MR) is 64.6 cm³/mol. The molecule has 3 heteroatoms. The quantitative estimate of drug-likeness (QED) is 0.650. The molecule has 0 fully saturated rings. The van der Waals surface area contributed by atoms with Crippen molar-refractivity contribution in [2.24, 2.45) is 11.7 Å². The third-order valence-electron chi connectivity index (χ3n) is 2.93. The van der Waals surface area contributed by atoms with E-state index in [0.717, 1.165) is 25.7 Å². The summed E-state index contributed by atoms with van der Waals surface area (Å²) in [5.74, 6) is 0.700. The average Bonchev–Trinajstić information content (AvgIpc) is 2.24. The Morgan fingerprint density at radius 3 is 2.60 bits per heavy atom. The number of nitrogens with one attached hydrogen (secondary N) is 1. The van der Waals surface area contributed by atoms with Gasteiger partial charge in [0.05, 0.1) is 0 Å². The first-order chi connectivity index (χ1) is 7.11. The molecule has 0 heterocycles. The third kappa shape index (κ3) is 7.37. The van der Waals surface area contributed by atoms with E-state index in [2.05, 4.69) is 26.1 Å². The van der Waals surface area contributed by atoms with Crippen LogP contribution in [0.25, 0.3) is 0 Å². The van der Waals surface area contributed by atoms with Crippen molar-refractivity contribution in [1.29, 1.82) is 0 Å². The number of carbonyl (C=O) groups excluding carboxylic acids is 1. The van der Waals surface area contributed by atoms with Gasteiger partial charge in [-0.25, -0.2) is 0 Å². The number of rotatable bonds is 8. The Hall–Kier alpha value is -0.570. The first-order valence-electron chi connectivity index (χ1n) is 6.14. The standard InChI is InChI=1S/C12H26N2O/c1-4-6-7-12(15)14-9-8-11(13)10(3)5-2/h10-11H,4-9,13H2,1-3H3,(H,14,15)/t10?,11-/m0/s1. The normalized spacial score (nSPS) is 14.7. The van der Waals surface area contributed by atoms with Crippen LogP contribution in [0.5, 0.6) is 0 Å². The number of amides is 1. The van der Waals surface area contributed by atoms with Crippen molar-refractivity contribution in [3.8, 4) is 0 Å². The van der Waals surface area contributed by atoms with Crippen molar-refractivity contribution < 1.29 is 4.79 Å². The lowest BCUT2D eigenvalue weighted by molar-refractivity contribution is -0.121. The Morgan fingerprint density at radius 1 is 1.40 bits per heavy atom. The summed E-state index contributed by atoms with van der Waals surface area (Å²) in [6.07, 6.45) is 4.68. The monoisotopic (exact) mass is 214 g/mol. The first kappa shape index (κ1) is 14.4. The van der Waals surface area contributed by atoms with Crippen LogP contribution >= 0.6 is 0 Å². The Kier molecular flexibility index (Phi) is 8.38. The van der Waals surface area contributed by atoms with Gasteiger partial charge in [-0.05, 0) is 18.8 Å². The van der Waals surface area contributed by atoms with Gasteiger partial charge in [-0.1, -0.05) is 33.6 Å². The summed E-state index contributed by atoms with van der Waals surface area (Å²) >= 11 is 0. The highest BCUT2D eigenvalue weighted by molar-refractivity contribution is 5.75. The minimum atomic E-state index is 0.160. The lowest BCUT2D eigenvalue weighted by atomic mass is 9.97. The molecule has 0 radical (unpaired) electrons. The van der Waals surface area contributed by atoms with E-state index in [4.69, 9.17) is 5.73 Å². The van der Waals surface area contributed by atoms with Gasteiger partial charge in [-0.3, -0.25) is 4.79 Å². The van der Waals surface area contributed by atoms with Crippen LogP contribution < -0.4 is 11.1 Å². The van der Waals surface area contributed by atoms with Gasteiger partial charge in [0, 0.05) is 19.0 Å². The molecule has 0 aromatic rings. The molecule has 1 amide bonds. The lowest BCUT2D eigenvalue weighted by Gasteiger charge is -2.18. The molecule has 15 heavy (non-hydrogen) atoms. The largest absolute Gasteiger partial charge is 0.356 e. The molecule has 0 aliphatic rings. The van der Waals surface area contributed by atoms with Crippen molar-refractivity contribution in [2.75, 3.05) is 6.54 Å². The fraction of sp³-hybridized carbons (Fsp3) is 0.917. The zero-order valence-corrected chi connectivity index (χ0v) is 10.4. The molecule has 0 bridgehead atoms. The van der Waals surface area contributed by atoms with Gasteiger partial charge in [0.2, 0.25) is 5.91 Å². The van der Waals surface area contributed by atoms with Gasteiger partial charge in [-0.2, -0.15) is 0 Å². The molecule has 2 atom stereocenters. The minimum Gasteiger partial charge on any atom is -0.356 e. The second-order valence-corrected chi connectivity index (χ2v) is 4.29. The van der Waals surface area contributed by atoms with Gasteiger partial charge < -0.3 is 11.1 Å². The molecule has 0 saturated carbocycles. The molecular formula is C12H26N2O. The van der Waals surface area contributed by atoms with E-state index in [0.29, 0.717) is 18.9 Å². The van der Waals surface area contributed by atoms with E-state index in [1.54, 1.807) is 0 Å². The maximum atomic E-state index is 11.3. The molecule has 0 spiro atoms. The van der Waals surface area contributed by atoms with Crippen LogP contribution in [0.3, 0.4) is 0 Å². The van der Waals surface area contributed by atoms with Crippen LogP contribution in [0.1, 0.15) is 52.9 Å². The highest BCUT2D eigenvalue weighted by Gasteiger charge is 2.10. The Labute approximate surface area is 93.8 Å². The molecular weight excluding hydrogens is 188 g/mol. The number of hydrogen-bond donors (Lipinski definition) is 2. The van der Waals surface area contributed by atoms with E-state index in [-0.39, 0.29) is 11.9 Å². The molecule has 0 rings (SSSR count). The highest BCUT2D eigenvalue weighted by Crippen LogP contribution is 2.07. The van der Waals surface area contributed by atoms with Crippen LogP contribution in [-0.4, -0.2) is 18.5 Å². The van der Waals surface area contributed by atoms with Crippen molar-refractivity contribution in [1.82, 2.24) is 5.32 Å². The molecule has 90 valence electrons. The van der Waals surface area contributed by atoms with Crippen molar-refractivity contribution in [2.45, 2.75) is 58.9 Å². The van der Waals surface area contributed by atoms with Gasteiger partial charge >= 0.3 is 0 Å². The van der Waals surface area contributed by atoms with Gasteiger partial charge in [0.15, 0.2) is 0 Å². The second-order valence-electron chi connectivity index (χ2n) is 4.29. The van der Waals surface area contributed by atoms with E-state index in [1.165, 1.54) is 0 Å². The third-order valence-corrected chi connectivity index (χ3v) is 2.93. The van der Waals surface area contributed by atoms with E-state index in [1.807, 2.05) is 0 Å². The van der Waals surface area contributed by atoms with Gasteiger partial charge in [0.25, 0.3) is 0 Å². The molecule has 0 aromatic heterocycles. The number of hydrogen-bond acceptors (Lipinski definition) is 2. The molecule has 0 aliphatic carbocycles. The smallest absolute Gasteiger partial charge is 0.219 e. The molecule has 0 aromatic carbocycles. The Balaban J connectivity index is 3.48. The summed E-state index contributed by atoms with van der Waals surface area (Å²) in [7, 11) is 0. The lowest BCUT2D eigenvalue weighted by Crippen LogP contribution is -2.33. The summed E-state index contributed by atoms with van der Waals surface area (Å²) in [5, 5.41) is 2.91. The van der Waals surface area contributed by atoms with Crippen molar-refractivity contribution in [3.63, 3.8) is 0 Å². The van der Waals surface area contributed by atoms with Crippen LogP contribution in [0.4, 0.5) is 0 Å².